The molecule has 0 amide bonds. The smallest absolute Gasteiger partial charge is 0.550 e. The molecule has 0 aliphatic rings. The Kier molecular flexibility index (Phi) is 6.97. The topological polar surface area (TPSA) is 77.4 Å². The monoisotopic (exact) mass is 153 g/mol. The van der Waals surface area contributed by atoms with Gasteiger partial charge in [0.25, 0.3) is 0 Å². The van der Waals surface area contributed by atoms with E-state index < -0.39 is 24.3 Å². The van der Waals surface area contributed by atoms with Crippen LogP contribution in [0.4, 0.5) is 0 Å². The van der Waals surface area contributed by atoms with E-state index in [-0.39, 0.29) is 29.6 Å². The summed E-state index contributed by atoms with van der Waals surface area (Å²) in [5.41, 5.74) is 0. The Morgan fingerprint density at radius 1 is 1.60 bits per heavy atom. The molecule has 0 fully saturated rings. The molecule has 0 aromatic heterocycles. The zero-order valence-electron chi connectivity index (χ0n) is 5.66. The van der Waals surface area contributed by atoms with Gasteiger partial charge in [0.1, 0.15) is 0 Å². The van der Waals surface area contributed by atoms with Gasteiger partial charge in [-0.15, -0.1) is 0 Å². The van der Waals surface area contributed by atoms with Crippen molar-refractivity contribution in [2.75, 3.05) is 0 Å². The minimum atomic E-state index is -1.39. The van der Waals surface area contributed by atoms with Gasteiger partial charge in [0.05, 0.1) is 6.92 Å². The van der Waals surface area contributed by atoms with Crippen LogP contribution < -0.4 is 34.7 Å². The summed E-state index contributed by atoms with van der Waals surface area (Å²) in [6.45, 7) is 3.06. The second-order valence-electron chi connectivity index (χ2n) is 1.61. The maximum Gasteiger partial charge on any atom is 1.00 e. The van der Waals surface area contributed by atoms with Gasteiger partial charge in [0.2, 0.25) is 0 Å². The minimum Gasteiger partial charge on any atom is -0.550 e. The normalized spacial score (nSPS) is 11.2. The van der Waals surface area contributed by atoms with E-state index in [1.165, 1.54) is 0 Å². The first-order chi connectivity index (χ1) is 4.04. The second-order valence-corrected chi connectivity index (χ2v) is 1.61. The van der Waals surface area contributed by atoms with Gasteiger partial charge in [0, 0.05) is 12.4 Å². The number of hydrogen-bond donors (Lipinski definition) is 1. The summed E-state index contributed by atoms with van der Waals surface area (Å²) in [6, 6.07) is 0. The van der Waals surface area contributed by atoms with Gasteiger partial charge in [-0.25, -0.2) is 4.79 Å². The van der Waals surface area contributed by atoms with Crippen molar-refractivity contribution < 1.29 is 49.4 Å². The molecule has 0 saturated carbocycles. The van der Waals surface area contributed by atoms with E-state index in [1.54, 1.807) is 0 Å². The standard InChI is InChI=1S/C5H6O4.Na/c1-3(5(8)9)2-4(6)7;/h3H,1-2H2,(H-,6,7,8,9);/q;+1. The Bertz CT molecular complexity index is 134. The van der Waals surface area contributed by atoms with Gasteiger partial charge in [0.15, 0.2) is 5.92 Å². The molecule has 1 atom stereocenters. The number of carboxylic acid groups (broad SMARTS) is 2. The largest absolute Gasteiger partial charge is 1.00 e. The van der Waals surface area contributed by atoms with Gasteiger partial charge < -0.3 is 15.0 Å². The summed E-state index contributed by atoms with van der Waals surface area (Å²) < 4.78 is 0. The third-order valence-electron chi connectivity index (χ3n) is 0.762. The minimum absolute atomic E-state index is 0. The molecule has 5 heteroatoms. The molecule has 0 aromatic rings. The summed E-state index contributed by atoms with van der Waals surface area (Å²) >= 11 is 0. The summed E-state index contributed by atoms with van der Waals surface area (Å²) in [5.74, 6) is -3.72. The van der Waals surface area contributed by atoms with Crippen molar-refractivity contribution in [3.8, 4) is 0 Å². The Balaban J connectivity index is 0. The molecule has 0 saturated heterocycles. The number of carbonyl (C=O) groups is 2. The summed E-state index contributed by atoms with van der Waals surface area (Å²) in [6.07, 6.45) is -0.532. The fraction of sp³-hybridized carbons (Fsp3) is 0.400. The zero-order valence-corrected chi connectivity index (χ0v) is 7.66. The average Bonchev–Trinajstić information content (AvgIpc) is 1.63. The van der Waals surface area contributed by atoms with E-state index in [9.17, 15) is 14.7 Å². The van der Waals surface area contributed by atoms with Crippen molar-refractivity contribution in [1.29, 1.82) is 0 Å². The van der Waals surface area contributed by atoms with Crippen LogP contribution in [0.3, 0.4) is 0 Å². The van der Waals surface area contributed by atoms with Gasteiger partial charge in [-0.3, -0.25) is 0 Å². The van der Waals surface area contributed by atoms with Gasteiger partial charge in [-0.05, 0) is 0 Å². The van der Waals surface area contributed by atoms with Crippen molar-refractivity contribution in [1.82, 2.24) is 0 Å². The Morgan fingerprint density at radius 3 is 2.10 bits per heavy atom. The molecule has 0 rings (SSSR count). The number of rotatable bonds is 3. The number of aliphatic carboxylic acids is 2. The van der Waals surface area contributed by atoms with Crippen molar-refractivity contribution >= 4 is 11.9 Å². The fourth-order valence-electron chi connectivity index (χ4n) is 0.288. The molecule has 4 nitrogen and oxygen atoms in total. The average molecular weight is 153 g/mol. The molecule has 0 radical (unpaired) electrons. The van der Waals surface area contributed by atoms with Gasteiger partial charge in [-0.1, -0.05) is 0 Å². The van der Waals surface area contributed by atoms with Crippen LogP contribution in [0.25, 0.3) is 0 Å². The third kappa shape index (κ3) is 5.94. The summed E-state index contributed by atoms with van der Waals surface area (Å²) in [4.78, 5) is 19.6. The second kappa shape index (κ2) is 5.58. The van der Waals surface area contributed by atoms with Crippen molar-refractivity contribution in [2.24, 2.45) is 5.92 Å². The molecular formula is C5H6NaO4+. The number of carboxylic acids is 2. The van der Waals surface area contributed by atoms with E-state index in [1.807, 2.05) is 0 Å². The number of carbonyl (C=O) groups excluding carboxylic acids is 1. The molecule has 0 heterocycles. The Labute approximate surface area is 80.5 Å². The molecule has 0 aliphatic carbocycles. The summed E-state index contributed by atoms with van der Waals surface area (Å²) in [7, 11) is 0. The van der Waals surface area contributed by atoms with E-state index in [0.29, 0.717) is 0 Å². The Morgan fingerprint density at radius 2 is 2.00 bits per heavy atom. The maximum atomic E-state index is 9.88. The van der Waals surface area contributed by atoms with E-state index in [2.05, 4.69) is 6.92 Å². The van der Waals surface area contributed by atoms with Crippen molar-refractivity contribution in [3.05, 3.63) is 6.92 Å². The van der Waals surface area contributed by atoms with Crippen LogP contribution in [-0.4, -0.2) is 17.0 Å². The Hall–Kier alpha value is -0.190. The first-order valence-corrected chi connectivity index (χ1v) is 2.29. The third-order valence-corrected chi connectivity index (χ3v) is 0.762. The molecule has 1 unspecified atom stereocenters. The number of hydrogen-bond acceptors (Lipinski definition) is 3. The molecule has 50 valence electrons. The summed E-state index contributed by atoms with van der Waals surface area (Å²) in [5, 5.41) is 17.8. The van der Waals surface area contributed by atoms with Crippen LogP contribution in [0.5, 0.6) is 0 Å². The molecule has 10 heavy (non-hydrogen) atoms. The molecule has 0 aromatic carbocycles. The van der Waals surface area contributed by atoms with E-state index in [0.717, 1.165) is 0 Å². The fourth-order valence-corrected chi connectivity index (χ4v) is 0.288. The van der Waals surface area contributed by atoms with Gasteiger partial charge >= 0.3 is 35.5 Å². The van der Waals surface area contributed by atoms with Crippen LogP contribution in [0.1, 0.15) is 6.42 Å². The van der Waals surface area contributed by atoms with Gasteiger partial charge in [-0.2, -0.15) is 0 Å². The molecule has 1 N–H and O–H groups in total. The SMILES string of the molecule is [CH2+]C(CC(=O)[O-])C(=O)O.[Na+]. The maximum absolute atomic E-state index is 9.88. The molecule has 0 aliphatic heterocycles. The van der Waals surface area contributed by atoms with E-state index >= 15 is 0 Å². The first kappa shape index (κ1) is 12.5. The first-order valence-electron chi connectivity index (χ1n) is 2.29. The van der Waals surface area contributed by atoms with Crippen LogP contribution >= 0.6 is 0 Å². The zero-order chi connectivity index (χ0) is 7.44. The molecular weight excluding hydrogens is 147 g/mol. The van der Waals surface area contributed by atoms with Crippen LogP contribution in [-0.2, 0) is 9.59 Å². The van der Waals surface area contributed by atoms with Crippen LogP contribution in [0.15, 0.2) is 0 Å². The van der Waals surface area contributed by atoms with Crippen LogP contribution in [0.2, 0.25) is 0 Å². The predicted molar refractivity (Wildman–Crippen MR) is 26.1 cm³/mol. The molecule has 0 bridgehead atoms. The van der Waals surface area contributed by atoms with Crippen molar-refractivity contribution in [2.45, 2.75) is 6.42 Å². The van der Waals surface area contributed by atoms with E-state index in [4.69, 9.17) is 5.11 Å². The quantitative estimate of drug-likeness (QED) is 0.328. The van der Waals surface area contributed by atoms with Crippen molar-refractivity contribution in [3.63, 3.8) is 0 Å². The predicted octanol–water partition coefficient (Wildman–Crippen LogP) is -4.33. The molecule has 0 spiro atoms. The van der Waals surface area contributed by atoms with Crippen LogP contribution in [0, 0.1) is 12.8 Å².